The molecule has 4 aliphatic carbocycles. The van der Waals surface area contributed by atoms with Crippen LogP contribution < -0.4 is 0 Å². The Kier molecular flexibility index (Phi) is 19.1. The fraction of sp³-hybridized carbons (Fsp3) is 0.965. The molecule has 0 aromatic heterocycles. The van der Waals surface area contributed by atoms with Gasteiger partial charge in [-0.15, -0.1) is 0 Å². The number of aliphatic hydroxyl groups is 16. The minimum atomic E-state index is -2.03. The molecule has 11 rings (SSSR count). The summed E-state index contributed by atoms with van der Waals surface area (Å²) < 4.78 is 73.9. The lowest BCUT2D eigenvalue weighted by Gasteiger charge is -2.58. The lowest BCUT2D eigenvalue weighted by atomic mass is 9.47. The molecule has 28 heteroatoms. The van der Waals surface area contributed by atoms with Crippen molar-refractivity contribution in [1.82, 2.24) is 0 Å². The third-order valence-corrected chi connectivity index (χ3v) is 22.0. The maximum Gasteiger partial charge on any atom is 0.187 e. The molecule has 85 heavy (non-hydrogen) atoms. The van der Waals surface area contributed by atoms with Crippen molar-refractivity contribution in [3.05, 3.63) is 11.6 Å². The summed E-state index contributed by atoms with van der Waals surface area (Å²) >= 11 is 0. The Morgan fingerprint density at radius 2 is 1.06 bits per heavy atom. The highest BCUT2D eigenvalue weighted by molar-refractivity contribution is 5.27. The Hall–Kier alpha value is -1.38. The highest BCUT2D eigenvalue weighted by Gasteiger charge is 2.71. The second-order valence-electron chi connectivity index (χ2n) is 27.0. The van der Waals surface area contributed by atoms with Crippen LogP contribution in [0.1, 0.15) is 92.4 Å². The summed E-state index contributed by atoms with van der Waals surface area (Å²) in [5.41, 5.74) is 0.174. The van der Waals surface area contributed by atoms with Crippen molar-refractivity contribution in [3.8, 4) is 0 Å². The average molecular weight is 1230 g/mol. The molecule has 36 unspecified atom stereocenters. The molecule has 488 valence electrons. The summed E-state index contributed by atoms with van der Waals surface area (Å²) in [4.78, 5) is 0. The van der Waals surface area contributed by atoms with E-state index in [2.05, 4.69) is 26.8 Å². The molecule has 10 fully saturated rings. The van der Waals surface area contributed by atoms with E-state index >= 15 is 0 Å². The second kappa shape index (κ2) is 24.9. The zero-order valence-electron chi connectivity index (χ0n) is 48.5. The Balaban J connectivity index is 0.766. The van der Waals surface area contributed by atoms with Gasteiger partial charge in [0.15, 0.2) is 37.2 Å². The molecule has 7 aliphatic heterocycles. The molecule has 0 amide bonds. The Bertz CT molecular complexity index is 2310. The molecular weight excluding hydrogens is 1130 g/mol. The SMILES string of the molecule is CC1OC(OC2C(OC3CCC4(C)C(=CCC5C4CCC4(C)C5CC5OC6(CCC(C)(COC7OC(CO)C(O)C(O)C7O)O6)C(C)C54)C3)OC(CO)C(OC3OC(CO)C(O)C(OC4OC(CO)C(O)C(O)C4O)C3O)C2O)C(O)C(O)C1O. The summed E-state index contributed by atoms with van der Waals surface area (Å²) in [6, 6.07) is 0. The van der Waals surface area contributed by atoms with Crippen LogP contribution in [-0.2, 0) is 56.8 Å². The van der Waals surface area contributed by atoms with Gasteiger partial charge in [-0.05, 0) is 99.7 Å². The van der Waals surface area contributed by atoms with E-state index in [1.54, 1.807) is 0 Å². The molecular formula is C57H92O28. The topological polar surface area (TPSA) is 434 Å². The van der Waals surface area contributed by atoms with Crippen LogP contribution in [0.15, 0.2) is 11.6 Å². The van der Waals surface area contributed by atoms with E-state index in [4.69, 9.17) is 56.8 Å². The quantitative estimate of drug-likeness (QED) is 0.0683. The fourth-order valence-electron chi connectivity index (χ4n) is 17.1. The van der Waals surface area contributed by atoms with Gasteiger partial charge in [-0.25, -0.2) is 0 Å². The first kappa shape index (κ1) is 65.1. The summed E-state index contributed by atoms with van der Waals surface area (Å²) in [6.07, 6.45) is -32.6. The van der Waals surface area contributed by atoms with E-state index in [1.807, 2.05) is 6.92 Å². The van der Waals surface area contributed by atoms with E-state index in [1.165, 1.54) is 12.5 Å². The van der Waals surface area contributed by atoms with Gasteiger partial charge >= 0.3 is 0 Å². The maximum absolute atomic E-state index is 12.4. The summed E-state index contributed by atoms with van der Waals surface area (Å²) in [7, 11) is 0. The number of hydrogen-bond acceptors (Lipinski definition) is 28. The lowest BCUT2D eigenvalue weighted by molar-refractivity contribution is -0.396. The van der Waals surface area contributed by atoms with Crippen LogP contribution >= 0.6 is 0 Å². The summed E-state index contributed by atoms with van der Waals surface area (Å²) in [6.45, 7) is 7.30. The number of aliphatic hydroxyl groups excluding tert-OH is 16. The first-order valence-electron chi connectivity index (χ1n) is 30.4. The molecule has 7 saturated heterocycles. The van der Waals surface area contributed by atoms with Gasteiger partial charge in [0.25, 0.3) is 0 Å². The van der Waals surface area contributed by atoms with Gasteiger partial charge in [0.05, 0.1) is 56.9 Å². The third-order valence-electron chi connectivity index (χ3n) is 22.0. The largest absolute Gasteiger partial charge is 0.394 e. The van der Waals surface area contributed by atoms with Crippen LogP contribution in [0.2, 0.25) is 0 Å². The van der Waals surface area contributed by atoms with Crippen molar-refractivity contribution in [1.29, 1.82) is 0 Å². The molecule has 0 aromatic carbocycles. The smallest absolute Gasteiger partial charge is 0.187 e. The van der Waals surface area contributed by atoms with Gasteiger partial charge in [0.2, 0.25) is 0 Å². The number of allylic oxidation sites excluding steroid dienone is 1. The molecule has 0 radical (unpaired) electrons. The average Bonchev–Trinajstić information content (AvgIpc) is 2.03. The Morgan fingerprint density at radius 1 is 0.506 bits per heavy atom. The van der Waals surface area contributed by atoms with Crippen LogP contribution in [0.5, 0.6) is 0 Å². The van der Waals surface area contributed by atoms with Gasteiger partial charge in [0, 0.05) is 12.3 Å². The van der Waals surface area contributed by atoms with Crippen molar-refractivity contribution >= 4 is 0 Å². The molecule has 3 saturated carbocycles. The Morgan fingerprint density at radius 3 is 1.71 bits per heavy atom. The monoisotopic (exact) mass is 1220 g/mol. The first-order valence-corrected chi connectivity index (χ1v) is 30.4. The minimum absolute atomic E-state index is 0.0201. The van der Waals surface area contributed by atoms with Crippen LogP contribution in [0.3, 0.4) is 0 Å². The molecule has 28 nitrogen and oxygen atoms in total. The summed E-state index contributed by atoms with van der Waals surface area (Å²) in [5.74, 6) is 0.509. The highest BCUT2D eigenvalue weighted by atomic mass is 16.8. The van der Waals surface area contributed by atoms with Gasteiger partial charge in [0.1, 0.15) is 116 Å². The van der Waals surface area contributed by atoms with E-state index in [0.717, 1.165) is 32.1 Å². The van der Waals surface area contributed by atoms with E-state index in [9.17, 15) is 81.7 Å². The third kappa shape index (κ3) is 11.3. The second-order valence-corrected chi connectivity index (χ2v) is 27.0. The molecule has 11 aliphatic rings. The van der Waals surface area contributed by atoms with Crippen LogP contribution in [-0.4, -0.2) is 292 Å². The van der Waals surface area contributed by atoms with Crippen molar-refractivity contribution in [2.24, 2.45) is 40.4 Å². The van der Waals surface area contributed by atoms with E-state index < -0.39 is 197 Å². The van der Waals surface area contributed by atoms with Crippen LogP contribution in [0.4, 0.5) is 0 Å². The number of ether oxygens (including phenoxy) is 12. The normalized spacial score (nSPS) is 57.0. The van der Waals surface area contributed by atoms with E-state index in [0.29, 0.717) is 43.4 Å². The van der Waals surface area contributed by atoms with Gasteiger partial charge < -0.3 is 139 Å². The minimum Gasteiger partial charge on any atom is -0.394 e. The lowest BCUT2D eigenvalue weighted by Crippen LogP contribution is -2.68. The molecule has 7 heterocycles. The molecule has 36 atom stereocenters. The predicted molar refractivity (Wildman–Crippen MR) is 281 cm³/mol. The number of fused-ring (bicyclic) bond motifs is 7. The number of rotatable bonds is 15. The standard InChI is InChI=1S/C57H92O28/c1-21-33-28(84-57(21)13-12-54(3,85-57)20-74-49-41(69)39(67)35(63)29(16-58)77-49)15-27-25-7-6-23-14-24(8-10-55(23,4)26(25)9-11-56(27,33)5)76-53-48(83-50-42(70)38(66)34(62)22(2)75-50)44(72)46(32(19-61)80-53)81-52-45(73)47(37(65)31(18-60)79-52)82-51-43(71)40(68)36(64)30(17-59)78-51/h6,21-22,24-53,58-73H,7-20H2,1-5H3. The first-order chi connectivity index (χ1) is 40.2. The number of hydrogen-bond donors (Lipinski definition) is 16. The van der Waals surface area contributed by atoms with Crippen molar-refractivity contribution in [2.45, 2.75) is 270 Å². The van der Waals surface area contributed by atoms with E-state index in [-0.39, 0.29) is 35.4 Å². The van der Waals surface area contributed by atoms with Gasteiger partial charge in [-0.2, -0.15) is 0 Å². The van der Waals surface area contributed by atoms with Crippen molar-refractivity contribution in [2.75, 3.05) is 33.0 Å². The molecule has 0 bridgehead atoms. The fourth-order valence-corrected chi connectivity index (χ4v) is 17.1. The Labute approximate surface area is 491 Å². The highest BCUT2D eigenvalue weighted by Crippen LogP contribution is 2.71. The van der Waals surface area contributed by atoms with Crippen molar-refractivity contribution < 1.29 is 139 Å². The zero-order chi connectivity index (χ0) is 61.1. The maximum atomic E-state index is 12.4. The molecule has 16 N–H and O–H groups in total. The van der Waals surface area contributed by atoms with Gasteiger partial charge in [-0.3, -0.25) is 0 Å². The van der Waals surface area contributed by atoms with Crippen molar-refractivity contribution in [3.63, 3.8) is 0 Å². The zero-order valence-corrected chi connectivity index (χ0v) is 48.5. The van der Waals surface area contributed by atoms with Gasteiger partial charge in [-0.1, -0.05) is 32.4 Å². The van der Waals surface area contributed by atoms with Crippen LogP contribution in [0, 0.1) is 40.4 Å². The van der Waals surface area contributed by atoms with Crippen LogP contribution in [0.25, 0.3) is 0 Å². The summed E-state index contributed by atoms with van der Waals surface area (Å²) in [5, 5.41) is 171. The predicted octanol–water partition coefficient (Wildman–Crippen LogP) is -5.02. The molecule has 0 aromatic rings. The molecule has 1 spiro atoms.